The maximum absolute atomic E-state index is 13.9. The summed E-state index contributed by atoms with van der Waals surface area (Å²) in [4.78, 5) is 5.70. The first-order chi connectivity index (χ1) is 10.2. The Bertz CT molecular complexity index is 596. The highest BCUT2D eigenvalue weighted by Gasteiger charge is 2.15. The van der Waals surface area contributed by atoms with Gasteiger partial charge in [0.15, 0.2) is 0 Å². The molecule has 1 aromatic carbocycles. The van der Waals surface area contributed by atoms with Crippen molar-refractivity contribution in [3.8, 4) is 10.6 Å². The first-order valence-corrected chi connectivity index (χ1v) is 8.12. The third-order valence-electron chi connectivity index (χ3n) is 3.14. The van der Waals surface area contributed by atoms with Crippen LogP contribution in [-0.4, -0.2) is 11.5 Å². The van der Waals surface area contributed by atoms with Gasteiger partial charge in [0.05, 0.1) is 5.69 Å². The molecule has 0 unspecified atom stereocenters. The summed E-state index contributed by atoms with van der Waals surface area (Å²) in [5.74, 6) is -1.12. The maximum Gasteiger partial charge on any atom is 0.136 e. The number of thiazole rings is 1. The Hall–Kier alpha value is -1.33. The van der Waals surface area contributed by atoms with E-state index in [1.807, 2.05) is 0 Å². The van der Waals surface area contributed by atoms with E-state index in [0.29, 0.717) is 10.6 Å². The van der Waals surface area contributed by atoms with Gasteiger partial charge in [0.25, 0.3) is 0 Å². The quantitative estimate of drug-likeness (QED) is 0.759. The molecule has 0 saturated carbocycles. The number of hydrogen-bond donors (Lipinski definition) is 1. The van der Waals surface area contributed by atoms with Gasteiger partial charge in [-0.3, -0.25) is 0 Å². The zero-order chi connectivity index (χ0) is 15.2. The van der Waals surface area contributed by atoms with Crippen molar-refractivity contribution in [2.45, 2.75) is 39.7 Å². The molecule has 0 radical (unpaired) electrons. The van der Waals surface area contributed by atoms with Crippen molar-refractivity contribution < 1.29 is 8.78 Å². The highest BCUT2D eigenvalue weighted by atomic mass is 32.1. The van der Waals surface area contributed by atoms with Crippen molar-refractivity contribution in [3.63, 3.8) is 0 Å². The average molecular weight is 310 g/mol. The number of benzene rings is 1. The van der Waals surface area contributed by atoms with Crippen molar-refractivity contribution in [2.24, 2.45) is 0 Å². The van der Waals surface area contributed by atoms with E-state index in [9.17, 15) is 8.78 Å². The van der Waals surface area contributed by atoms with Crippen LogP contribution in [0, 0.1) is 11.6 Å². The van der Waals surface area contributed by atoms with Crippen molar-refractivity contribution in [1.82, 2.24) is 10.3 Å². The number of nitrogens with one attached hydrogen (secondary N) is 1. The number of aromatic nitrogens is 1. The lowest BCUT2D eigenvalue weighted by Crippen LogP contribution is -2.13. The lowest BCUT2D eigenvalue weighted by atomic mass is 10.2. The van der Waals surface area contributed by atoms with E-state index in [2.05, 4.69) is 24.1 Å². The molecule has 1 heterocycles. The normalized spacial score (nSPS) is 11.0. The van der Waals surface area contributed by atoms with Gasteiger partial charge in [-0.15, -0.1) is 11.3 Å². The smallest absolute Gasteiger partial charge is 0.136 e. The highest BCUT2D eigenvalue weighted by Crippen LogP contribution is 2.31. The van der Waals surface area contributed by atoms with Crippen LogP contribution in [0.15, 0.2) is 18.2 Å². The second kappa shape index (κ2) is 7.61. The van der Waals surface area contributed by atoms with Crippen LogP contribution in [0.3, 0.4) is 0 Å². The molecule has 21 heavy (non-hydrogen) atoms. The van der Waals surface area contributed by atoms with Crippen molar-refractivity contribution in [3.05, 3.63) is 40.4 Å². The van der Waals surface area contributed by atoms with E-state index in [1.165, 1.54) is 23.5 Å². The summed E-state index contributed by atoms with van der Waals surface area (Å²) < 4.78 is 26.9. The largest absolute Gasteiger partial charge is 0.312 e. The van der Waals surface area contributed by atoms with E-state index in [0.717, 1.165) is 49.0 Å². The molecule has 0 fully saturated rings. The molecule has 1 aromatic heterocycles. The lowest BCUT2D eigenvalue weighted by molar-refractivity contribution is 0.585. The van der Waals surface area contributed by atoms with Crippen molar-refractivity contribution in [1.29, 1.82) is 0 Å². The molecule has 0 spiro atoms. The monoisotopic (exact) mass is 310 g/mol. The van der Waals surface area contributed by atoms with Gasteiger partial charge in [0.2, 0.25) is 0 Å². The summed E-state index contributed by atoms with van der Waals surface area (Å²) in [6.07, 6.45) is 2.94. The van der Waals surface area contributed by atoms with Crippen LogP contribution in [-0.2, 0) is 13.0 Å². The molecule has 0 aliphatic carbocycles. The highest BCUT2D eigenvalue weighted by molar-refractivity contribution is 7.15. The summed E-state index contributed by atoms with van der Waals surface area (Å²) in [6.45, 7) is 5.92. The number of nitrogens with zero attached hydrogens (tertiary/aromatic N) is 1. The van der Waals surface area contributed by atoms with Crippen LogP contribution in [0.5, 0.6) is 0 Å². The van der Waals surface area contributed by atoms with Crippen LogP contribution in [0.1, 0.15) is 37.3 Å². The fourth-order valence-corrected chi connectivity index (χ4v) is 3.21. The molecule has 0 atom stereocenters. The molecular formula is C16H20F2N2S. The summed E-state index contributed by atoms with van der Waals surface area (Å²) in [6, 6.07) is 3.64. The van der Waals surface area contributed by atoms with Gasteiger partial charge in [0, 0.05) is 23.1 Å². The Kier molecular flexibility index (Phi) is 5.82. The second-order valence-corrected chi connectivity index (χ2v) is 6.02. The van der Waals surface area contributed by atoms with Crippen LogP contribution < -0.4 is 5.32 Å². The minimum absolute atomic E-state index is 0.375. The molecule has 1 N–H and O–H groups in total. The van der Waals surface area contributed by atoms with Crippen LogP contribution in [0.2, 0.25) is 0 Å². The fourth-order valence-electron chi connectivity index (χ4n) is 2.11. The molecule has 0 amide bonds. The molecule has 0 aliphatic rings. The van der Waals surface area contributed by atoms with Gasteiger partial charge >= 0.3 is 0 Å². The average Bonchev–Trinajstić information content (AvgIpc) is 2.82. The SMILES string of the molecule is CCCNCc1sc(-c2ccc(F)cc2F)nc1CCC. The van der Waals surface area contributed by atoms with Gasteiger partial charge in [-0.05, 0) is 31.5 Å². The topological polar surface area (TPSA) is 24.9 Å². The zero-order valence-corrected chi connectivity index (χ0v) is 13.2. The molecule has 2 aromatic rings. The number of aryl methyl sites for hydroxylation is 1. The van der Waals surface area contributed by atoms with E-state index >= 15 is 0 Å². The molecule has 2 nitrogen and oxygen atoms in total. The predicted octanol–water partition coefficient (Wildman–Crippen LogP) is 4.54. The van der Waals surface area contributed by atoms with Crippen LogP contribution >= 0.6 is 11.3 Å². The first kappa shape index (κ1) is 16.0. The minimum atomic E-state index is -0.563. The predicted molar refractivity (Wildman–Crippen MR) is 83.5 cm³/mol. The van der Waals surface area contributed by atoms with Crippen LogP contribution in [0.4, 0.5) is 8.78 Å². The molecule has 0 bridgehead atoms. The summed E-state index contributed by atoms with van der Waals surface area (Å²) in [5.41, 5.74) is 1.39. The minimum Gasteiger partial charge on any atom is -0.312 e. The van der Waals surface area contributed by atoms with E-state index < -0.39 is 11.6 Å². The van der Waals surface area contributed by atoms with Crippen molar-refractivity contribution in [2.75, 3.05) is 6.54 Å². The van der Waals surface area contributed by atoms with Crippen molar-refractivity contribution >= 4 is 11.3 Å². The number of halogens is 2. The van der Waals surface area contributed by atoms with E-state index in [-0.39, 0.29) is 0 Å². The van der Waals surface area contributed by atoms with Crippen LogP contribution in [0.25, 0.3) is 10.6 Å². The van der Waals surface area contributed by atoms with E-state index in [1.54, 1.807) is 0 Å². The Morgan fingerprint density at radius 2 is 2.00 bits per heavy atom. The van der Waals surface area contributed by atoms with E-state index in [4.69, 9.17) is 0 Å². The number of rotatable bonds is 7. The first-order valence-electron chi connectivity index (χ1n) is 7.30. The number of hydrogen-bond acceptors (Lipinski definition) is 3. The molecular weight excluding hydrogens is 290 g/mol. The maximum atomic E-state index is 13.9. The third-order valence-corrected chi connectivity index (χ3v) is 4.27. The Labute approximate surface area is 128 Å². The van der Waals surface area contributed by atoms with Gasteiger partial charge in [-0.2, -0.15) is 0 Å². The summed E-state index contributed by atoms with van der Waals surface area (Å²) in [5, 5.41) is 3.98. The summed E-state index contributed by atoms with van der Waals surface area (Å²) in [7, 11) is 0. The molecule has 5 heteroatoms. The molecule has 2 rings (SSSR count). The molecule has 114 valence electrons. The molecule has 0 aliphatic heterocycles. The lowest BCUT2D eigenvalue weighted by Gasteiger charge is -2.02. The van der Waals surface area contributed by atoms with Gasteiger partial charge in [0.1, 0.15) is 16.6 Å². The Balaban J connectivity index is 2.29. The third kappa shape index (κ3) is 4.08. The van der Waals surface area contributed by atoms with Gasteiger partial charge < -0.3 is 5.32 Å². The fraction of sp³-hybridized carbons (Fsp3) is 0.438. The standard InChI is InChI=1S/C16H20F2N2S/c1-3-5-14-15(10-19-8-4-2)21-16(20-14)12-7-6-11(17)9-13(12)18/h6-7,9,19H,3-5,8,10H2,1-2H3. The van der Waals surface area contributed by atoms with Gasteiger partial charge in [-0.1, -0.05) is 20.3 Å². The summed E-state index contributed by atoms with van der Waals surface area (Å²) >= 11 is 1.49. The Morgan fingerprint density at radius 3 is 2.67 bits per heavy atom. The molecule has 0 saturated heterocycles. The second-order valence-electron chi connectivity index (χ2n) is 4.94. The Morgan fingerprint density at radius 1 is 1.19 bits per heavy atom. The zero-order valence-electron chi connectivity index (χ0n) is 12.4. The van der Waals surface area contributed by atoms with Gasteiger partial charge in [-0.25, -0.2) is 13.8 Å².